The maximum Gasteiger partial charge on any atom is 0.328 e. The predicted octanol–water partition coefficient (Wildman–Crippen LogP) is 4.55. The molecular weight excluding hydrogens is 684 g/mol. The molecular formula is C34H34Cl2FN3O7S. The third kappa shape index (κ3) is 8.01. The average Bonchev–Trinajstić information content (AvgIpc) is 3.67. The number of esters is 1. The Balaban J connectivity index is 1.52. The molecule has 0 amide bonds. The minimum atomic E-state index is -1.40. The molecule has 1 saturated heterocycles. The molecule has 1 aliphatic rings. The Morgan fingerprint density at radius 1 is 1.10 bits per heavy atom. The van der Waals surface area contributed by atoms with Gasteiger partial charge in [0.25, 0.3) is 0 Å². The molecule has 2 N–H and O–H groups in total. The zero-order valence-electron chi connectivity index (χ0n) is 26.4. The Labute approximate surface area is 291 Å². The quantitative estimate of drug-likeness (QED) is 0.116. The Kier molecular flexibility index (Phi) is 11.4. The Morgan fingerprint density at radius 3 is 2.44 bits per heavy atom. The molecule has 48 heavy (non-hydrogen) atoms. The number of benzene rings is 2. The highest BCUT2D eigenvalue weighted by molar-refractivity contribution is 7.14. The zero-order valence-corrected chi connectivity index (χ0v) is 28.7. The number of hydrogen-bond donors (Lipinski definition) is 2. The second-order valence-corrected chi connectivity index (χ2v) is 13.4. The number of carboxylic acid groups (broad SMARTS) is 1. The van der Waals surface area contributed by atoms with Crippen LogP contribution in [0.2, 0.25) is 10.0 Å². The van der Waals surface area contributed by atoms with Crippen molar-refractivity contribution in [1.82, 2.24) is 10.2 Å². The molecule has 0 spiro atoms. The number of aromatic carboxylic acids is 1. The van der Waals surface area contributed by atoms with Crippen molar-refractivity contribution in [2.24, 2.45) is 0 Å². The van der Waals surface area contributed by atoms with Gasteiger partial charge in [-0.15, -0.1) is 11.3 Å². The van der Waals surface area contributed by atoms with Gasteiger partial charge in [0.1, 0.15) is 28.0 Å². The summed E-state index contributed by atoms with van der Waals surface area (Å²) in [5.74, 6) is -2.35. The molecule has 1 fully saturated rings. The summed E-state index contributed by atoms with van der Waals surface area (Å²) < 4.78 is 32.4. The van der Waals surface area contributed by atoms with Gasteiger partial charge in [0.05, 0.1) is 25.1 Å². The van der Waals surface area contributed by atoms with Crippen molar-refractivity contribution in [2.45, 2.75) is 37.5 Å². The van der Waals surface area contributed by atoms with Crippen LogP contribution in [0.15, 0.2) is 60.9 Å². The second kappa shape index (κ2) is 15.5. The van der Waals surface area contributed by atoms with Crippen LogP contribution in [0, 0.1) is 5.82 Å². The van der Waals surface area contributed by atoms with Gasteiger partial charge in [0, 0.05) is 46.3 Å². The van der Waals surface area contributed by atoms with Crippen LogP contribution in [0.5, 0.6) is 11.5 Å². The highest BCUT2D eigenvalue weighted by atomic mass is 35.5. The zero-order chi connectivity index (χ0) is 34.5. The van der Waals surface area contributed by atoms with E-state index >= 15 is 0 Å². The van der Waals surface area contributed by atoms with Gasteiger partial charge in [-0.2, -0.15) is 0 Å². The van der Waals surface area contributed by atoms with E-state index in [1.54, 1.807) is 30.3 Å². The molecule has 2 aromatic heterocycles. The lowest BCUT2D eigenvalue weighted by Gasteiger charge is -2.21. The first-order valence-corrected chi connectivity index (χ1v) is 16.6. The summed E-state index contributed by atoms with van der Waals surface area (Å²) >= 11 is 14.0. The van der Waals surface area contributed by atoms with Gasteiger partial charge in [-0.25, -0.2) is 9.18 Å². The average molecular weight is 719 g/mol. The maximum absolute atomic E-state index is 15.0. The molecule has 1 unspecified atom stereocenters. The van der Waals surface area contributed by atoms with Crippen molar-refractivity contribution in [1.29, 1.82) is 0 Å². The number of likely N-dealkylation sites (N-methyl/N-ethyl adjacent to an activating group) is 1. The van der Waals surface area contributed by atoms with E-state index in [-0.39, 0.29) is 39.6 Å². The highest BCUT2D eigenvalue weighted by Crippen LogP contribution is 2.41. The first-order chi connectivity index (χ1) is 23.0. The van der Waals surface area contributed by atoms with Crippen molar-refractivity contribution in [2.75, 3.05) is 34.4 Å². The van der Waals surface area contributed by atoms with E-state index in [9.17, 15) is 24.3 Å². The number of pyridine rings is 1. The normalized spacial score (nSPS) is 16.0. The van der Waals surface area contributed by atoms with Crippen LogP contribution >= 0.6 is 34.5 Å². The SMILES string of the molecule is COc1ccc([C@H](Cc2c(Cl)c[n+](O)cc2Cl)c2cc(CNC(C(=O)O[C@@H]3CCN(C)C3)c3ccccc3F)sc2C(=O)[O-])cc1OC. The molecule has 0 saturated carbocycles. The Morgan fingerprint density at radius 2 is 1.81 bits per heavy atom. The third-order valence-electron chi connectivity index (χ3n) is 8.22. The van der Waals surface area contributed by atoms with E-state index in [1.165, 1.54) is 44.8 Å². The van der Waals surface area contributed by atoms with Gasteiger partial charge in [0.2, 0.25) is 12.4 Å². The maximum atomic E-state index is 15.0. The molecule has 2 aromatic carbocycles. The van der Waals surface area contributed by atoms with Crippen molar-refractivity contribution in [3.05, 3.63) is 109 Å². The van der Waals surface area contributed by atoms with Gasteiger partial charge in [-0.3, -0.25) is 10.5 Å². The predicted molar refractivity (Wildman–Crippen MR) is 176 cm³/mol. The number of nitrogens with one attached hydrogen (secondary N) is 1. The van der Waals surface area contributed by atoms with E-state index in [4.69, 9.17) is 37.4 Å². The van der Waals surface area contributed by atoms with Crippen LogP contribution in [0.4, 0.5) is 4.39 Å². The lowest BCUT2D eigenvalue weighted by Crippen LogP contribution is -2.33. The summed E-state index contributed by atoms with van der Waals surface area (Å²) in [5.41, 5.74) is 1.65. The minimum Gasteiger partial charge on any atom is -0.544 e. The van der Waals surface area contributed by atoms with Gasteiger partial charge < -0.3 is 29.0 Å². The summed E-state index contributed by atoms with van der Waals surface area (Å²) in [6, 6.07) is 11.7. The van der Waals surface area contributed by atoms with Gasteiger partial charge in [-0.05, 0) is 55.3 Å². The van der Waals surface area contributed by atoms with Crippen molar-refractivity contribution in [3.8, 4) is 11.5 Å². The van der Waals surface area contributed by atoms with Crippen LogP contribution in [0.1, 0.15) is 55.2 Å². The van der Waals surface area contributed by atoms with Gasteiger partial charge in [0.15, 0.2) is 11.5 Å². The summed E-state index contributed by atoms with van der Waals surface area (Å²) in [7, 11) is 4.93. The van der Waals surface area contributed by atoms with E-state index in [1.807, 2.05) is 11.9 Å². The molecule has 14 heteroatoms. The molecule has 3 atom stereocenters. The number of rotatable bonds is 13. The number of thiophene rings is 1. The second-order valence-electron chi connectivity index (χ2n) is 11.4. The highest BCUT2D eigenvalue weighted by Gasteiger charge is 2.31. The summed E-state index contributed by atoms with van der Waals surface area (Å²) in [4.78, 5) is 28.5. The molecule has 254 valence electrons. The molecule has 1 aliphatic heterocycles. The van der Waals surface area contributed by atoms with Crippen LogP contribution < -0.4 is 24.6 Å². The summed E-state index contributed by atoms with van der Waals surface area (Å²) in [6.45, 7) is 1.37. The fourth-order valence-corrected chi connectivity index (χ4v) is 7.45. The van der Waals surface area contributed by atoms with Crippen LogP contribution in [-0.2, 0) is 22.5 Å². The van der Waals surface area contributed by atoms with Gasteiger partial charge >= 0.3 is 5.97 Å². The lowest BCUT2D eigenvalue weighted by molar-refractivity contribution is -0.904. The molecule has 5 rings (SSSR count). The van der Waals surface area contributed by atoms with Gasteiger partial charge in [-0.1, -0.05) is 47.5 Å². The number of halogens is 3. The molecule has 10 nitrogen and oxygen atoms in total. The monoisotopic (exact) mass is 717 g/mol. The first kappa shape index (κ1) is 35.4. The topological polar surface area (TPSA) is 124 Å². The molecule has 0 aliphatic carbocycles. The fraction of sp³-hybridized carbons (Fsp3) is 0.324. The van der Waals surface area contributed by atoms with Crippen molar-refractivity contribution in [3.63, 3.8) is 0 Å². The van der Waals surface area contributed by atoms with Crippen LogP contribution in [-0.4, -0.2) is 62.5 Å². The Bertz CT molecular complexity index is 1780. The van der Waals surface area contributed by atoms with E-state index in [0.717, 1.165) is 22.6 Å². The summed E-state index contributed by atoms with van der Waals surface area (Å²) in [6.07, 6.45) is 3.04. The molecule has 0 radical (unpaired) electrons. The molecule has 4 aromatic rings. The Hall–Kier alpha value is -3.94. The molecule has 0 bridgehead atoms. The number of nitrogens with zero attached hydrogens (tertiary/aromatic N) is 2. The number of ether oxygens (including phenoxy) is 3. The van der Waals surface area contributed by atoms with E-state index < -0.39 is 29.7 Å². The van der Waals surface area contributed by atoms with Crippen LogP contribution in [0.3, 0.4) is 0 Å². The third-order valence-corrected chi connectivity index (χ3v) is 10.0. The number of aromatic nitrogens is 1. The first-order valence-electron chi connectivity index (χ1n) is 15.0. The standard InChI is InChI=1S/C34H34Cl2FN3O7S/c1-39-11-10-20(16-39)47-34(43)31(22-6-4-5-7-28(22)37)38-15-21-13-24(32(48-21)33(41)42)23(14-25-26(35)17-40(44)18-27(25)36)19-8-9-29(45-2)30(12-19)46-3/h4-9,12-13,17-18,20,23,31,38H,10-11,14-16H2,1-3H3,(H-,41,42,44)/t20-,23+,31?/m1/s1. The fourth-order valence-electron chi connectivity index (χ4n) is 5.83. The van der Waals surface area contributed by atoms with E-state index in [0.29, 0.717) is 46.0 Å². The van der Waals surface area contributed by atoms with E-state index in [2.05, 4.69) is 5.32 Å². The van der Waals surface area contributed by atoms with Crippen LogP contribution in [0.25, 0.3) is 0 Å². The summed E-state index contributed by atoms with van der Waals surface area (Å²) in [5, 5.41) is 26.0. The molecule has 3 heterocycles. The smallest absolute Gasteiger partial charge is 0.328 e. The minimum absolute atomic E-state index is 0.0135. The van der Waals surface area contributed by atoms with Crippen molar-refractivity contribution < 1.29 is 43.2 Å². The number of methoxy groups -OCH3 is 2. The number of carbonyl (C=O) groups is 2. The lowest BCUT2D eigenvalue weighted by atomic mass is 9.85. The number of likely N-dealkylation sites (tertiary alicyclic amines) is 1. The number of carbonyl (C=O) groups excluding carboxylic acids is 2. The largest absolute Gasteiger partial charge is 0.544 e. The number of hydrogen-bond acceptors (Lipinski definition) is 10. The van der Waals surface area contributed by atoms with Crippen molar-refractivity contribution >= 4 is 46.5 Å². The number of carboxylic acids is 1.